The third-order valence-electron chi connectivity index (χ3n) is 5.18. The van der Waals surface area contributed by atoms with Gasteiger partial charge in [-0.2, -0.15) is 0 Å². The van der Waals surface area contributed by atoms with Gasteiger partial charge in [-0.25, -0.2) is 4.98 Å². The van der Waals surface area contributed by atoms with Crippen LogP contribution in [-0.4, -0.2) is 24.9 Å². The Bertz CT molecular complexity index is 531. The maximum atomic E-state index is 11.3. The minimum absolute atomic E-state index is 0.0712. The topological polar surface area (TPSA) is 33.2 Å². The van der Waals surface area contributed by atoms with Crippen molar-refractivity contribution in [3.05, 3.63) is 10.6 Å². The highest BCUT2D eigenvalue weighted by Crippen LogP contribution is 2.48. The minimum Gasteiger partial charge on any atom is -0.351 e. The average molecular weight is 306 g/mol. The summed E-state index contributed by atoms with van der Waals surface area (Å²) in [7, 11) is 2.13. The van der Waals surface area contributed by atoms with Gasteiger partial charge in [0.1, 0.15) is 0 Å². The predicted octanol–water partition coefficient (Wildman–Crippen LogP) is 4.13. The van der Waals surface area contributed by atoms with Crippen molar-refractivity contribution < 1.29 is 4.79 Å². The van der Waals surface area contributed by atoms with Crippen molar-refractivity contribution in [2.24, 2.45) is 17.8 Å². The molecule has 0 N–H and O–H groups in total. The van der Waals surface area contributed by atoms with Crippen molar-refractivity contribution in [1.29, 1.82) is 0 Å². The fourth-order valence-electron chi connectivity index (χ4n) is 4.13. The number of carbonyl (C=O) groups excluding carboxylic acids is 1. The predicted molar refractivity (Wildman–Crippen MR) is 88.4 cm³/mol. The molecular weight excluding hydrogens is 280 g/mol. The molecule has 0 aliphatic heterocycles. The Kier molecular flexibility index (Phi) is 3.85. The van der Waals surface area contributed by atoms with E-state index in [4.69, 9.17) is 4.98 Å². The molecule has 3 nitrogen and oxygen atoms in total. The number of rotatable bonds is 4. The Hall–Kier alpha value is -0.900. The van der Waals surface area contributed by atoms with Crippen LogP contribution in [0, 0.1) is 17.8 Å². The second-order valence-electron chi connectivity index (χ2n) is 7.89. The summed E-state index contributed by atoms with van der Waals surface area (Å²) in [5.41, 5.74) is 0.871. The molecule has 1 aromatic heterocycles. The van der Waals surface area contributed by atoms with Gasteiger partial charge in [0.15, 0.2) is 11.4 Å². The van der Waals surface area contributed by atoms with Crippen LogP contribution in [0.15, 0.2) is 0 Å². The number of anilines is 1. The third kappa shape index (κ3) is 2.87. The Morgan fingerprint density at radius 1 is 1.33 bits per heavy atom. The van der Waals surface area contributed by atoms with Crippen LogP contribution in [0.2, 0.25) is 0 Å². The molecule has 1 heterocycles. The summed E-state index contributed by atoms with van der Waals surface area (Å²) >= 11 is 1.54. The van der Waals surface area contributed by atoms with Crippen LogP contribution >= 0.6 is 11.3 Å². The van der Waals surface area contributed by atoms with Crippen LogP contribution in [0.4, 0.5) is 5.13 Å². The van der Waals surface area contributed by atoms with Crippen molar-refractivity contribution >= 4 is 22.8 Å². The molecule has 2 saturated carbocycles. The number of aromatic nitrogens is 1. The van der Waals surface area contributed by atoms with Gasteiger partial charge in [0.2, 0.25) is 0 Å². The zero-order valence-corrected chi connectivity index (χ0v) is 14.4. The number of hydrogen-bond donors (Lipinski definition) is 0. The van der Waals surface area contributed by atoms with E-state index in [2.05, 4.69) is 32.7 Å². The molecule has 3 unspecified atom stereocenters. The highest BCUT2D eigenvalue weighted by atomic mass is 32.1. The number of carbonyl (C=O) groups is 1. The number of aldehydes is 1. The SMILES string of the molecule is CN(CC1CC2CCC1C2)c1nc(C(C)(C)C)c(C=O)s1. The first-order chi connectivity index (χ1) is 9.88. The summed E-state index contributed by atoms with van der Waals surface area (Å²) in [6, 6.07) is 0. The summed E-state index contributed by atoms with van der Waals surface area (Å²) in [5, 5.41) is 1.00. The first-order valence-electron chi connectivity index (χ1n) is 8.06. The van der Waals surface area contributed by atoms with Crippen molar-refractivity contribution in [3.8, 4) is 0 Å². The van der Waals surface area contributed by atoms with Crippen LogP contribution in [0.5, 0.6) is 0 Å². The fourth-order valence-corrected chi connectivity index (χ4v) is 5.19. The van der Waals surface area contributed by atoms with E-state index in [0.717, 1.165) is 46.3 Å². The van der Waals surface area contributed by atoms with Gasteiger partial charge in [0.25, 0.3) is 0 Å². The van der Waals surface area contributed by atoms with Crippen LogP contribution in [0.1, 0.15) is 61.8 Å². The summed E-state index contributed by atoms with van der Waals surface area (Å²) < 4.78 is 0. The first kappa shape index (κ1) is 15.0. The maximum absolute atomic E-state index is 11.3. The van der Waals surface area contributed by atoms with Gasteiger partial charge in [0, 0.05) is 19.0 Å². The van der Waals surface area contributed by atoms with Gasteiger partial charge in [-0.3, -0.25) is 4.79 Å². The van der Waals surface area contributed by atoms with E-state index >= 15 is 0 Å². The molecule has 0 aromatic carbocycles. The monoisotopic (exact) mass is 306 g/mol. The summed E-state index contributed by atoms with van der Waals surface area (Å²) in [6.45, 7) is 7.45. The largest absolute Gasteiger partial charge is 0.351 e. The maximum Gasteiger partial charge on any atom is 0.185 e. The Morgan fingerprint density at radius 2 is 2.10 bits per heavy atom. The first-order valence-corrected chi connectivity index (χ1v) is 8.87. The lowest BCUT2D eigenvalue weighted by Gasteiger charge is -2.27. The Morgan fingerprint density at radius 3 is 2.57 bits per heavy atom. The van der Waals surface area contributed by atoms with Gasteiger partial charge in [-0.05, 0) is 37.0 Å². The van der Waals surface area contributed by atoms with Gasteiger partial charge >= 0.3 is 0 Å². The molecule has 0 spiro atoms. The quantitative estimate of drug-likeness (QED) is 0.784. The Balaban J connectivity index is 1.74. The van der Waals surface area contributed by atoms with Crippen molar-refractivity contribution in [1.82, 2.24) is 4.98 Å². The average Bonchev–Trinajstić information content (AvgIpc) is 3.11. The summed E-state index contributed by atoms with van der Waals surface area (Å²) in [6.07, 6.45) is 6.68. The molecule has 116 valence electrons. The molecule has 3 rings (SSSR count). The fraction of sp³-hybridized carbons (Fsp3) is 0.765. The molecule has 0 amide bonds. The molecule has 4 heteroatoms. The van der Waals surface area contributed by atoms with Crippen LogP contribution < -0.4 is 4.90 Å². The Labute approximate surface area is 131 Å². The normalized spacial score (nSPS) is 28.1. The van der Waals surface area contributed by atoms with Crippen molar-refractivity contribution in [2.75, 3.05) is 18.5 Å². The van der Waals surface area contributed by atoms with E-state index in [9.17, 15) is 4.79 Å². The lowest BCUT2D eigenvalue weighted by Crippen LogP contribution is -2.28. The third-order valence-corrected chi connectivity index (χ3v) is 6.27. The molecule has 0 radical (unpaired) electrons. The molecule has 2 aliphatic carbocycles. The lowest BCUT2D eigenvalue weighted by molar-refractivity contribution is 0.112. The van der Waals surface area contributed by atoms with Crippen molar-refractivity contribution in [2.45, 2.75) is 51.9 Å². The molecule has 21 heavy (non-hydrogen) atoms. The van der Waals surface area contributed by atoms with E-state index in [0.29, 0.717) is 0 Å². The van der Waals surface area contributed by atoms with Gasteiger partial charge in [-0.15, -0.1) is 0 Å². The minimum atomic E-state index is -0.0712. The summed E-state index contributed by atoms with van der Waals surface area (Å²) in [5.74, 6) is 2.75. The highest BCUT2D eigenvalue weighted by molar-refractivity contribution is 7.17. The smallest absolute Gasteiger partial charge is 0.185 e. The number of thiazole rings is 1. The summed E-state index contributed by atoms with van der Waals surface area (Å²) in [4.78, 5) is 19.1. The van der Waals surface area contributed by atoms with Crippen LogP contribution in [0.25, 0.3) is 0 Å². The molecule has 2 fully saturated rings. The second kappa shape index (κ2) is 5.38. The van der Waals surface area contributed by atoms with Gasteiger partial charge in [-0.1, -0.05) is 38.5 Å². The standard InChI is InChI=1S/C17H26N2OS/c1-17(2,3)15-14(10-20)21-16(18-15)19(4)9-13-8-11-5-6-12(13)7-11/h10-13H,5-9H2,1-4H3. The van der Waals surface area contributed by atoms with Crippen LogP contribution in [0.3, 0.4) is 0 Å². The number of hydrogen-bond acceptors (Lipinski definition) is 4. The second-order valence-corrected chi connectivity index (χ2v) is 8.90. The molecule has 2 aliphatic rings. The lowest BCUT2D eigenvalue weighted by atomic mass is 9.88. The van der Waals surface area contributed by atoms with E-state index in [1.165, 1.54) is 25.7 Å². The van der Waals surface area contributed by atoms with Gasteiger partial charge in [0.05, 0.1) is 10.6 Å². The van der Waals surface area contributed by atoms with Gasteiger partial charge < -0.3 is 4.90 Å². The molecule has 0 saturated heterocycles. The zero-order valence-electron chi connectivity index (χ0n) is 13.6. The van der Waals surface area contributed by atoms with E-state index < -0.39 is 0 Å². The molecule has 3 atom stereocenters. The van der Waals surface area contributed by atoms with E-state index in [-0.39, 0.29) is 5.41 Å². The number of fused-ring (bicyclic) bond motifs is 2. The van der Waals surface area contributed by atoms with E-state index in [1.807, 2.05) is 0 Å². The van der Waals surface area contributed by atoms with Crippen molar-refractivity contribution in [3.63, 3.8) is 0 Å². The zero-order chi connectivity index (χ0) is 15.2. The molecule has 1 aromatic rings. The van der Waals surface area contributed by atoms with E-state index in [1.54, 1.807) is 11.3 Å². The highest BCUT2D eigenvalue weighted by Gasteiger charge is 2.40. The molecule has 2 bridgehead atoms. The van der Waals surface area contributed by atoms with Crippen LogP contribution in [-0.2, 0) is 5.41 Å². The molecular formula is C17H26N2OS. The number of nitrogens with zero attached hydrogens (tertiary/aromatic N) is 2.